The maximum absolute atomic E-state index is 12.8. The number of aliphatic hydroxyl groups excluding tert-OH is 1. The van der Waals surface area contributed by atoms with Crippen LogP contribution in [0.3, 0.4) is 0 Å². The Labute approximate surface area is 263 Å². The number of ether oxygens (including phenoxy) is 3. The molecule has 0 bridgehead atoms. The highest BCUT2D eigenvalue weighted by atomic mass is 16.6. The van der Waals surface area contributed by atoms with Crippen molar-refractivity contribution < 1.29 is 28.9 Å². The Balaban J connectivity index is 1.02. The molecule has 2 aromatic rings. The van der Waals surface area contributed by atoms with E-state index < -0.39 is 12.1 Å². The van der Waals surface area contributed by atoms with Gasteiger partial charge in [0.15, 0.2) is 0 Å². The van der Waals surface area contributed by atoms with E-state index in [1.54, 1.807) is 0 Å². The molecule has 2 aromatic carbocycles. The lowest BCUT2D eigenvalue weighted by Crippen LogP contribution is -2.35. The molecule has 1 fully saturated rings. The first-order chi connectivity index (χ1) is 21.5. The molecule has 0 saturated carbocycles. The molecule has 1 saturated heterocycles. The number of aliphatic hydroxyl groups is 1. The van der Waals surface area contributed by atoms with Crippen LogP contribution in [0.15, 0.2) is 48.5 Å². The molecule has 4 rings (SSSR count). The number of fused-ring (bicyclic) bond motifs is 2. The number of rotatable bonds is 17. The topological polar surface area (TPSA) is 94.1 Å². The normalized spacial score (nSPS) is 22.1. The summed E-state index contributed by atoms with van der Waals surface area (Å²) < 4.78 is 17.3. The Morgan fingerprint density at radius 1 is 0.932 bits per heavy atom. The summed E-state index contributed by atoms with van der Waals surface area (Å²) in [6, 6.07) is 15.2. The third kappa shape index (κ3) is 10.2. The molecule has 1 heterocycles. The van der Waals surface area contributed by atoms with Crippen LogP contribution in [0.4, 0.5) is 0 Å². The Kier molecular flexibility index (Phi) is 13.8. The van der Waals surface area contributed by atoms with E-state index in [1.165, 1.54) is 0 Å². The first kappa shape index (κ1) is 33.8. The minimum Gasteiger partial charge on any atom is -0.457 e. The largest absolute Gasteiger partial charge is 0.457 e. The zero-order valence-electron chi connectivity index (χ0n) is 26.0. The fourth-order valence-electron chi connectivity index (χ4n) is 5.80. The van der Waals surface area contributed by atoms with Gasteiger partial charge in [0.05, 0.1) is 6.10 Å². The smallest absolute Gasteiger partial charge is 0.306 e. The molecule has 8 heteroatoms. The highest BCUT2D eigenvalue weighted by Crippen LogP contribution is 2.29. The first-order valence-corrected chi connectivity index (χ1v) is 16.3. The molecular formula is C36H46BNO6. The number of hydrogen-bond acceptors (Lipinski definition) is 6. The average molecular weight is 600 g/mol. The number of carbonyl (C=O) groups excluding carboxylic acids is 2. The molecule has 1 aliphatic heterocycles. The van der Waals surface area contributed by atoms with Crippen LogP contribution in [-0.2, 0) is 30.2 Å². The van der Waals surface area contributed by atoms with Crippen LogP contribution in [0.1, 0.15) is 106 Å². The van der Waals surface area contributed by atoms with E-state index >= 15 is 0 Å². The number of esters is 1. The molecule has 2 aliphatic rings. The van der Waals surface area contributed by atoms with Gasteiger partial charge in [-0.3, -0.25) is 9.59 Å². The van der Waals surface area contributed by atoms with E-state index in [-0.39, 0.29) is 30.2 Å². The Bertz CT molecular complexity index is 1270. The van der Waals surface area contributed by atoms with Crippen LogP contribution in [0.25, 0.3) is 0 Å². The summed E-state index contributed by atoms with van der Waals surface area (Å²) in [6.07, 6.45) is 7.75. The molecule has 0 aromatic heterocycles. The van der Waals surface area contributed by atoms with Gasteiger partial charge in [0.2, 0.25) is 5.91 Å². The second-order valence-corrected chi connectivity index (χ2v) is 11.7. The molecule has 44 heavy (non-hydrogen) atoms. The third-order valence-electron chi connectivity index (χ3n) is 8.35. The van der Waals surface area contributed by atoms with Crippen LogP contribution in [-0.4, -0.2) is 62.3 Å². The minimum absolute atomic E-state index is 0.0799. The van der Waals surface area contributed by atoms with Gasteiger partial charge in [-0.2, -0.15) is 0 Å². The van der Waals surface area contributed by atoms with Crippen molar-refractivity contribution in [2.45, 2.75) is 114 Å². The van der Waals surface area contributed by atoms with E-state index in [1.807, 2.05) is 55.5 Å². The molecule has 5 atom stereocenters. The summed E-state index contributed by atoms with van der Waals surface area (Å²) in [5.74, 6) is 6.39. The summed E-state index contributed by atoms with van der Waals surface area (Å²) in [7, 11) is 5.76. The Morgan fingerprint density at radius 2 is 1.61 bits per heavy atom. The van der Waals surface area contributed by atoms with Crippen molar-refractivity contribution in [2.75, 3.05) is 13.2 Å². The monoisotopic (exact) mass is 599 g/mol. The van der Waals surface area contributed by atoms with Crippen molar-refractivity contribution in [1.29, 1.82) is 0 Å². The number of benzene rings is 2. The molecular weight excluding hydrogens is 553 g/mol. The van der Waals surface area contributed by atoms with Crippen molar-refractivity contribution in [1.82, 2.24) is 5.32 Å². The fourth-order valence-corrected chi connectivity index (χ4v) is 5.80. The van der Waals surface area contributed by atoms with Gasteiger partial charge in [0.25, 0.3) is 0 Å². The summed E-state index contributed by atoms with van der Waals surface area (Å²) in [5, 5.41) is 13.1. The van der Waals surface area contributed by atoms with Crippen LogP contribution in [0.5, 0.6) is 0 Å². The maximum atomic E-state index is 12.8. The van der Waals surface area contributed by atoms with Gasteiger partial charge in [-0.15, -0.1) is 0 Å². The van der Waals surface area contributed by atoms with Crippen molar-refractivity contribution in [3.63, 3.8) is 0 Å². The van der Waals surface area contributed by atoms with Crippen LogP contribution in [0.2, 0.25) is 0 Å². The highest BCUT2D eigenvalue weighted by molar-refractivity contribution is 6.11. The van der Waals surface area contributed by atoms with E-state index in [4.69, 9.17) is 22.1 Å². The van der Waals surface area contributed by atoms with Crippen LogP contribution >= 0.6 is 0 Å². The van der Waals surface area contributed by atoms with Gasteiger partial charge < -0.3 is 24.6 Å². The molecule has 0 spiro atoms. The lowest BCUT2D eigenvalue weighted by molar-refractivity contribution is -0.149. The van der Waals surface area contributed by atoms with E-state index in [0.717, 1.165) is 80.0 Å². The number of amides is 1. The maximum Gasteiger partial charge on any atom is 0.306 e. The van der Waals surface area contributed by atoms with Gasteiger partial charge in [-0.05, 0) is 49.8 Å². The van der Waals surface area contributed by atoms with Gasteiger partial charge in [0.1, 0.15) is 26.2 Å². The van der Waals surface area contributed by atoms with Crippen molar-refractivity contribution in [3.05, 3.63) is 70.8 Å². The van der Waals surface area contributed by atoms with E-state index in [9.17, 15) is 14.7 Å². The van der Waals surface area contributed by atoms with Crippen LogP contribution in [0, 0.1) is 11.8 Å². The van der Waals surface area contributed by atoms with Crippen LogP contribution < -0.4 is 5.32 Å². The third-order valence-corrected chi connectivity index (χ3v) is 8.35. The molecule has 7 nitrogen and oxygen atoms in total. The Hall–Kier alpha value is -3.12. The molecule has 2 unspecified atom stereocenters. The van der Waals surface area contributed by atoms with Gasteiger partial charge >= 0.3 is 5.97 Å². The van der Waals surface area contributed by atoms with Crippen molar-refractivity contribution >= 4 is 19.7 Å². The SMILES string of the molecule is [B][C@@H]1O[C@H](CC)C(OCCCCCCNC(=O)CCCCCCC(=O)OC2Cc3ccccc3C#Cc3ccccc32)[C@@H]1O. The zero-order valence-corrected chi connectivity index (χ0v) is 26.0. The zero-order chi connectivity index (χ0) is 31.1. The van der Waals surface area contributed by atoms with Crippen molar-refractivity contribution in [3.8, 4) is 11.8 Å². The van der Waals surface area contributed by atoms with Gasteiger partial charge in [-0.25, -0.2) is 0 Å². The predicted octanol–water partition coefficient (Wildman–Crippen LogP) is 5.29. The number of unbranched alkanes of at least 4 members (excludes halogenated alkanes) is 6. The summed E-state index contributed by atoms with van der Waals surface area (Å²) in [6.45, 7) is 3.23. The Morgan fingerprint density at radius 3 is 2.43 bits per heavy atom. The first-order valence-electron chi connectivity index (χ1n) is 16.3. The van der Waals surface area contributed by atoms with Crippen molar-refractivity contribution in [2.24, 2.45) is 0 Å². The highest BCUT2D eigenvalue weighted by Gasteiger charge is 2.40. The predicted molar refractivity (Wildman–Crippen MR) is 171 cm³/mol. The fraction of sp³-hybridized carbons (Fsp3) is 0.556. The standard InChI is InChI=1S/C36H46BNO6/c1-2-30-35(34(41)36(37)44-30)42-24-14-6-5-13-23-38-32(39)19-7-3-4-8-20-33(40)43-31-25-28-17-10-9-15-26(28)21-22-27-16-11-12-18-29(27)31/h9-12,15-18,30-31,34-36,41H,2-8,13-14,19-20,23-25H2,1H3,(H,38,39)/t30-,31?,34+,35?,36-/m1/s1. The quantitative estimate of drug-likeness (QED) is 0.111. The van der Waals surface area contributed by atoms with E-state index in [2.05, 4.69) is 17.2 Å². The second-order valence-electron chi connectivity index (χ2n) is 11.7. The molecule has 1 aliphatic carbocycles. The number of nitrogens with one attached hydrogen (secondary N) is 1. The average Bonchev–Trinajstić information content (AvgIpc) is 3.30. The molecule has 2 N–H and O–H groups in total. The summed E-state index contributed by atoms with van der Waals surface area (Å²) >= 11 is 0. The molecule has 1 amide bonds. The lowest BCUT2D eigenvalue weighted by atomic mass is 9.92. The molecule has 234 valence electrons. The van der Waals surface area contributed by atoms with Gasteiger partial charge in [0, 0.05) is 55.1 Å². The summed E-state index contributed by atoms with van der Waals surface area (Å²) in [5.41, 5.74) is 3.91. The van der Waals surface area contributed by atoms with Gasteiger partial charge in [-0.1, -0.05) is 80.8 Å². The van der Waals surface area contributed by atoms with E-state index in [0.29, 0.717) is 32.4 Å². The lowest BCUT2D eigenvalue weighted by Gasteiger charge is -2.22. The summed E-state index contributed by atoms with van der Waals surface area (Å²) in [4.78, 5) is 24.9. The minimum atomic E-state index is -0.777. The number of carbonyl (C=O) groups is 2. The number of hydrogen-bond donors (Lipinski definition) is 2. The molecule has 2 radical (unpaired) electrons. The second kappa shape index (κ2) is 18.0.